The van der Waals surface area contributed by atoms with Gasteiger partial charge in [0.25, 0.3) is 10.2 Å². The van der Waals surface area contributed by atoms with Gasteiger partial charge in [-0.25, -0.2) is 9.86 Å². The van der Waals surface area contributed by atoms with Crippen molar-refractivity contribution in [3.05, 3.63) is 0 Å². The molecule has 82 valence electrons. The summed E-state index contributed by atoms with van der Waals surface area (Å²) in [7, 11) is -3.60. The SMILES string of the molecule is NC(=O)C1CN(CCNS(N)(=O)=O)C1. The van der Waals surface area contributed by atoms with Crippen LogP contribution in [0.5, 0.6) is 0 Å². The molecule has 0 atom stereocenters. The molecule has 1 aliphatic heterocycles. The van der Waals surface area contributed by atoms with Crippen LogP contribution < -0.4 is 15.6 Å². The summed E-state index contributed by atoms with van der Waals surface area (Å²) >= 11 is 0. The second kappa shape index (κ2) is 4.22. The van der Waals surface area contributed by atoms with Gasteiger partial charge in [-0.3, -0.25) is 4.79 Å². The molecule has 5 N–H and O–H groups in total. The van der Waals surface area contributed by atoms with Crippen LogP contribution in [0.15, 0.2) is 0 Å². The molecule has 1 fully saturated rings. The summed E-state index contributed by atoms with van der Waals surface area (Å²) < 4.78 is 23.1. The molecule has 0 unspecified atom stereocenters. The Labute approximate surface area is 82.6 Å². The van der Waals surface area contributed by atoms with Crippen molar-refractivity contribution in [1.82, 2.24) is 9.62 Å². The Kier molecular flexibility index (Phi) is 3.43. The van der Waals surface area contributed by atoms with Crippen LogP contribution in [0.2, 0.25) is 0 Å². The molecule has 1 saturated heterocycles. The number of nitrogens with one attached hydrogen (secondary N) is 1. The monoisotopic (exact) mass is 222 g/mol. The molecule has 0 bridgehead atoms. The summed E-state index contributed by atoms with van der Waals surface area (Å²) in [6.45, 7) is 1.99. The number of primary amides is 1. The van der Waals surface area contributed by atoms with E-state index >= 15 is 0 Å². The zero-order valence-corrected chi connectivity index (χ0v) is 8.46. The molecule has 8 heteroatoms. The van der Waals surface area contributed by atoms with Crippen LogP contribution in [0.3, 0.4) is 0 Å². The Hall–Kier alpha value is -0.700. The van der Waals surface area contributed by atoms with Crippen LogP contribution in [-0.4, -0.2) is 45.4 Å². The van der Waals surface area contributed by atoms with E-state index in [1.807, 2.05) is 4.90 Å². The molecule has 1 amide bonds. The lowest BCUT2D eigenvalue weighted by Crippen LogP contribution is -2.54. The Morgan fingerprint density at radius 2 is 2.07 bits per heavy atom. The molecular weight excluding hydrogens is 208 g/mol. The van der Waals surface area contributed by atoms with Gasteiger partial charge in [0.1, 0.15) is 0 Å². The normalized spacial score (nSPS) is 19.2. The Morgan fingerprint density at radius 3 is 2.50 bits per heavy atom. The van der Waals surface area contributed by atoms with Gasteiger partial charge in [-0.15, -0.1) is 0 Å². The summed E-state index contributed by atoms with van der Waals surface area (Å²) in [5.41, 5.74) is 5.06. The number of hydrogen-bond acceptors (Lipinski definition) is 4. The van der Waals surface area contributed by atoms with E-state index in [1.54, 1.807) is 0 Å². The van der Waals surface area contributed by atoms with Crippen LogP contribution in [-0.2, 0) is 15.0 Å². The van der Waals surface area contributed by atoms with Crippen molar-refractivity contribution in [3.8, 4) is 0 Å². The number of amides is 1. The number of hydrogen-bond donors (Lipinski definition) is 3. The molecule has 14 heavy (non-hydrogen) atoms. The molecule has 0 radical (unpaired) electrons. The summed E-state index contributed by atoms with van der Waals surface area (Å²) in [5, 5.41) is 4.73. The number of likely N-dealkylation sites (tertiary alicyclic amines) is 1. The molecule has 7 nitrogen and oxygen atoms in total. The van der Waals surface area contributed by atoms with E-state index < -0.39 is 10.2 Å². The number of nitrogens with zero attached hydrogens (tertiary/aromatic N) is 1. The van der Waals surface area contributed by atoms with E-state index in [4.69, 9.17) is 10.9 Å². The quantitative estimate of drug-likeness (QED) is 0.465. The lowest BCUT2D eigenvalue weighted by atomic mass is 10.00. The fourth-order valence-electron chi connectivity index (χ4n) is 1.28. The minimum atomic E-state index is -3.60. The number of nitrogens with two attached hydrogens (primary N) is 2. The van der Waals surface area contributed by atoms with Crippen molar-refractivity contribution in [1.29, 1.82) is 0 Å². The summed E-state index contributed by atoms with van der Waals surface area (Å²) in [6, 6.07) is 0. The second-order valence-electron chi connectivity index (χ2n) is 3.30. The van der Waals surface area contributed by atoms with Crippen molar-refractivity contribution in [2.75, 3.05) is 26.2 Å². The van der Waals surface area contributed by atoms with Gasteiger partial charge in [0.2, 0.25) is 5.91 Å². The van der Waals surface area contributed by atoms with Crippen LogP contribution in [0.1, 0.15) is 0 Å². The first-order chi connectivity index (χ1) is 6.38. The van der Waals surface area contributed by atoms with Crippen LogP contribution in [0, 0.1) is 5.92 Å². The van der Waals surface area contributed by atoms with Gasteiger partial charge in [-0.05, 0) is 0 Å². The molecule has 1 aliphatic rings. The number of carbonyl (C=O) groups excluding carboxylic acids is 1. The van der Waals surface area contributed by atoms with E-state index in [1.165, 1.54) is 0 Å². The van der Waals surface area contributed by atoms with Crippen molar-refractivity contribution in [2.45, 2.75) is 0 Å². The first kappa shape index (κ1) is 11.4. The third-order valence-electron chi connectivity index (χ3n) is 2.09. The van der Waals surface area contributed by atoms with E-state index in [9.17, 15) is 13.2 Å². The van der Waals surface area contributed by atoms with Crippen LogP contribution in [0.4, 0.5) is 0 Å². The first-order valence-electron chi connectivity index (χ1n) is 4.17. The standard InChI is InChI=1S/C6H14N4O3S/c7-6(11)5-3-10(4-5)2-1-9-14(8,12)13/h5,9H,1-4H2,(H2,7,11)(H2,8,12,13). The van der Waals surface area contributed by atoms with Gasteiger partial charge >= 0.3 is 0 Å². The Balaban J connectivity index is 2.10. The predicted octanol–water partition coefficient (Wildman–Crippen LogP) is -2.80. The second-order valence-corrected chi connectivity index (χ2v) is 4.68. The molecule has 0 spiro atoms. The van der Waals surface area contributed by atoms with Crippen LogP contribution >= 0.6 is 0 Å². The van der Waals surface area contributed by atoms with E-state index in [0.717, 1.165) is 0 Å². The van der Waals surface area contributed by atoms with Crippen molar-refractivity contribution in [2.24, 2.45) is 16.8 Å². The average molecular weight is 222 g/mol. The molecule has 0 aliphatic carbocycles. The molecule has 1 rings (SSSR count). The average Bonchev–Trinajstić information content (AvgIpc) is 1.90. The number of rotatable bonds is 5. The van der Waals surface area contributed by atoms with E-state index in [2.05, 4.69) is 4.72 Å². The molecule has 0 aromatic carbocycles. The zero-order chi connectivity index (χ0) is 10.8. The maximum absolute atomic E-state index is 10.6. The Bertz CT molecular complexity index is 309. The highest BCUT2D eigenvalue weighted by atomic mass is 32.2. The summed E-state index contributed by atoms with van der Waals surface area (Å²) in [5.74, 6) is -0.398. The van der Waals surface area contributed by atoms with Crippen molar-refractivity contribution in [3.63, 3.8) is 0 Å². The minimum absolute atomic E-state index is 0.0931. The first-order valence-corrected chi connectivity index (χ1v) is 5.72. The lowest BCUT2D eigenvalue weighted by molar-refractivity contribution is -0.126. The van der Waals surface area contributed by atoms with E-state index in [-0.39, 0.29) is 18.4 Å². The van der Waals surface area contributed by atoms with Crippen molar-refractivity contribution < 1.29 is 13.2 Å². The summed E-state index contributed by atoms with van der Waals surface area (Å²) in [4.78, 5) is 12.5. The van der Waals surface area contributed by atoms with Gasteiger partial charge in [0.15, 0.2) is 0 Å². The molecule has 0 aromatic rings. The smallest absolute Gasteiger partial charge is 0.274 e. The van der Waals surface area contributed by atoms with Gasteiger partial charge in [0, 0.05) is 26.2 Å². The molecule has 0 saturated carbocycles. The van der Waals surface area contributed by atoms with Gasteiger partial charge in [-0.1, -0.05) is 0 Å². The van der Waals surface area contributed by atoms with Crippen LogP contribution in [0.25, 0.3) is 0 Å². The third kappa shape index (κ3) is 3.58. The largest absolute Gasteiger partial charge is 0.369 e. The van der Waals surface area contributed by atoms with Gasteiger partial charge < -0.3 is 10.6 Å². The fraction of sp³-hybridized carbons (Fsp3) is 0.833. The topological polar surface area (TPSA) is 119 Å². The molecule has 1 heterocycles. The minimum Gasteiger partial charge on any atom is -0.369 e. The fourth-order valence-corrected chi connectivity index (χ4v) is 1.65. The highest BCUT2D eigenvalue weighted by Crippen LogP contribution is 2.13. The highest BCUT2D eigenvalue weighted by Gasteiger charge is 2.30. The number of carbonyl (C=O) groups is 1. The summed E-state index contributed by atoms with van der Waals surface area (Å²) in [6.07, 6.45) is 0. The predicted molar refractivity (Wildman–Crippen MR) is 50.2 cm³/mol. The highest BCUT2D eigenvalue weighted by molar-refractivity contribution is 7.87. The van der Waals surface area contributed by atoms with Gasteiger partial charge in [-0.2, -0.15) is 8.42 Å². The van der Waals surface area contributed by atoms with Crippen molar-refractivity contribution >= 4 is 16.1 Å². The molecular formula is C6H14N4O3S. The third-order valence-corrected chi connectivity index (χ3v) is 2.70. The van der Waals surface area contributed by atoms with Gasteiger partial charge in [0.05, 0.1) is 5.92 Å². The maximum atomic E-state index is 10.6. The Morgan fingerprint density at radius 1 is 1.50 bits per heavy atom. The maximum Gasteiger partial charge on any atom is 0.274 e. The molecule has 0 aromatic heterocycles. The lowest BCUT2D eigenvalue weighted by Gasteiger charge is -2.37. The van der Waals surface area contributed by atoms with E-state index in [0.29, 0.717) is 19.6 Å². The zero-order valence-electron chi connectivity index (χ0n) is 7.64.